The molecule has 0 radical (unpaired) electrons. The standard InChI is InChI=1S/C93H137N21O20S2/c1-13-14-15-27-59(77(98)121)47-70(118)90(6,7)113-83(127)69(49-72(97)120)106-78(122)64(29-18-21-40-100-53(4)116)110-88(132)93(12,37-19-20-38-94)114-84(128)66(45-56-31-34-57-25-16-17-26-58(57)43-56)105-80(124)65(44-55-32-35-61(36-33-55)134-42-39-95)108-87(131)76-92(10,11)136-135-91(8,9)75(103-54(5)117)86(130)109-68(48-71(96)119)82(126)111-74(52(3)115)85(129)107-67(46-60-50-102-73-51(2)24-22-28-62(60)73)81(125)104-63(79(123)112-76)30-23-41-101-89(99)133/h16-17,22,24-26,28,31-36,43,50,52,59,63-69,74-76,102,115H,13-15,18-21,23,27,29-30,37-42,44-49,94-95H2,1-12H3,(H2,96,119)(H2,97,120)(H2,98,121)(H,100,116)(H,103,117)(H,104,125)(H,105,124)(H,106,122)(H,107,129)(H,108,131)(H,109,130)(H,110,132)(H,111,126)(H,112,123)(H,113,127)(H,114,128)(H3,99,101,133)/t52-,59+,63+,64+,65+,66+,67+,68+,69+,74+,75-,76-,93+/m1/s1. The van der Waals surface area contributed by atoms with Crippen molar-refractivity contribution in [3.05, 3.63) is 113 Å². The van der Waals surface area contributed by atoms with Crippen LogP contribution in [0.15, 0.2) is 91.1 Å². The Morgan fingerprint density at radius 2 is 1.17 bits per heavy atom. The predicted octanol–water partition coefficient (Wildman–Crippen LogP) is 0.241. The Balaban J connectivity index is 1.52. The number of aromatic nitrogens is 1. The number of unbranched alkanes of at least 4 members (excludes halogenated alkanes) is 4. The average Bonchev–Trinajstić information content (AvgIpc) is 1.28. The van der Waals surface area contributed by atoms with Gasteiger partial charge in [0.15, 0.2) is 5.78 Å². The fourth-order valence-electron chi connectivity index (χ4n) is 15.3. The first-order valence-electron chi connectivity index (χ1n) is 45.5. The summed E-state index contributed by atoms with van der Waals surface area (Å²) in [5.41, 5.74) is 33.4. The first-order valence-corrected chi connectivity index (χ1v) is 47.7. The van der Waals surface area contributed by atoms with E-state index in [1.807, 2.05) is 38.1 Å². The number of benzene rings is 4. The maximum absolute atomic E-state index is 16.4. The summed E-state index contributed by atoms with van der Waals surface area (Å²) in [5, 5.41) is 50.5. The molecule has 0 saturated carbocycles. The minimum absolute atomic E-state index is 0.102. The molecule has 746 valence electrons. The number of aryl methyl sites for hydroxylation is 1. The van der Waals surface area contributed by atoms with Gasteiger partial charge in [0.2, 0.25) is 94.5 Å². The van der Waals surface area contributed by atoms with Crippen molar-refractivity contribution >= 4 is 150 Å². The second-order valence-corrected chi connectivity index (χ2v) is 39.5. The Hall–Kier alpha value is -12.5. The number of amides is 18. The van der Waals surface area contributed by atoms with Crippen molar-refractivity contribution in [1.29, 1.82) is 0 Å². The second-order valence-electron chi connectivity index (χ2n) is 36.1. The van der Waals surface area contributed by atoms with Crippen molar-refractivity contribution in [3.63, 3.8) is 0 Å². The number of para-hydroxylation sites is 1. The molecule has 4 aromatic carbocycles. The van der Waals surface area contributed by atoms with E-state index in [0.717, 1.165) is 59.2 Å². The average molecular weight is 1930 g/mol. The highest BCUT2D eigenvalue weighted by Crippen LogP contribution is 2.47. The maximum Gasteiger partial charge on any atom is 0.312 e. The van der Waals surface area contributed by atoms with Gasteiger partial charge in [-0.1, -0.05) is 121 Å². The van der Waals surface area contributed by atoms with Crippen molar-refractivity contribution in [3.8, 4) is 5.75 Å². The molecule has 5 aromatic rings. The van der Waals surface area contributed by atoms with E-state index in [1.54, 1.807) is 66.9 Å². The number of urea groups is 1. The van der Waals surface area contributed by atoms with Gasteiger partial charge < -0.3 is 124 Å². The highest BCUT2D eigenvalue weighted by Gasteiger charge is 2.48. The lowest BCUT2D eigenvalue weighted by molar-refractivity contribution is -0.139. The Bertz CT molecular complexity index is 5070. The molecule has 1 aliphatic rings. The summed E-state index contributed by atoms with van der Waals surface area (Å²) in [7, 11) is 1.76. The second kappa shape index (κ2) is 53.1. The molecule has 0 unspecified atom stereocenters. The highest BCUT2D eigenvalue weighted by atomic mass is 33.1. The molecule has 2 heterocycles. The molecule has 18 amide bonds. The number of primary amides is 4. The molecule has 43 heteroatoms. The van der Waals surface area contributed by atoms with Gasteiger partial charge in [-0.15, -0.1) is 0 Å². The molecule has 1 fully saturated rings. The van der Waals surface area contributed by atoms with Crippen LogP contribution in [0.2, 0.25) is 0 Å². The SMILES string of the molecule is CCCCC[C@@H](CC(=O)C(C)(C)NC(=O)[C@H](CC(N)=O)NC(=O)[C@H](CCCCNC(C)=O)NC(=O)[C@](C)(CCCCN)NC(=O)[C@H](Cc1ccc2ccccc2c1)NC(=O)[C@H](Cc1ccc(OCCN)cc1)NC(=O)[C@H]1NC(=O)[C@H](CCCNC(N)=O)NC(=O)[C@H](Cc2c[nH]c3c(C)cccc23)NC(=O)[C@H]([C@@H](C)O)NC(=O)[C@H](CC(N)=O)NC(=O)[C@@H](NC(C)=O)C(C)(C)SSC1(C)C)C(N)=O. The van der Waals surface area contributed by atoms with E-state index in [0.29, 0.717) is 51.6 Å². The van der Waals surface area contributed by atoms with Crippen molar-refractivity contribution in [2.75, 3.05) is 32.8 Å². The van der Waals surface area contributed by atoms with E-state index in [4.69, 9.17) is 39.1 Å². The number of hydrogen-bond donors (Lipinski definition) is 22. The number of carbonyl (C=O) groups excluding carboxylic acids is 18. The summed E-state index contributed by atoms with van der Waals surface area (Å²) in [4.78, 5) is 262. The van der Waals surface area contributed by atoms with Crippen LogP contribution in [0.4, 0.5) is 4.79 Å². The Kier molecular flexibility index (Phi) is 43.9. The van der Waals surface area contributed by atoms with E-state index < -0.39 is 213 Å². The third-order valence-electron chi connectivity index (χ3n) is 23.2. The van der Waals surface area contributed by atoms with E-state index in [1.165, 1.54) is 55.4 Å². The van der Waals surface area contributed by atoms with Crippen LogP contribution in [0.1, 0.15) is 195 Å². The number of aliphatic hydroxyl groups is 1. The van der Waals surface area contributed by atoms with Crippen LogP contribution in [-0.4, -0.2) is 236 Å². The van der Waals surface area contributed by atoms with Gasteiger partial charge in [-0.25, -0.2) is 4.79 Å². The lowest BCUT2D eigenvalue weighted by atomic mass is 9.87. The van der Waals surface area contributed by atoms with Crippen LogP contribution in [0.25, 0.3) is 21.7 Å². The zero-order chi connectivity index (χ0) is 101. The van der Waals surface area contributed by atoms with Gasteiger partial charge in [0, 0.05) is 91.7 Å². The molecule has 0 spiro atoms. The van der Waals surface area contributed by atoms with Gasteiger partial charge in [0.25, 0.3) is 0 Å². The van der Waals surface area contributed by atoms with Gasteiger partial charge >= 0.3 is 6.03 Å². The molecule has 1 saturated heterocycles. The molecule has 28 N–H and O–H groups in total. The first-order chi connectivity index (χ1) is 64.0. The van der Waals surface area contributed by atoms with Crippen LogP contribution in [0.5, 0.6) is 5.75 Å². The van der Waals surface area contributed by atoms with Gasteiger partial charge in [0.1, 0.15) is 78.3 Å². The van der Waals surface area contributed by atoms with Crippen LogP contribution in [0.3, 0.4) is 0 Å². The molecule has 0 bridgehead atoms. The lowest BCUT2D eigenvalue weighted by Gasteiger charge is -2.39. The third kappa shape index (κ3) is 35.3. The molecule has 6 rings (SSSR count). The van der Waals surface area contributed by atoms with Crippen molar-refractivity contribution in [2.45, 2.75) is 286 Å². The number of aromatic amines is 1. The topological polar surface area (TPSA) is 677 Å². The van der Waals surface area contributed by atoms with E-state index >= 15 is 28.8 Å². The van der Waals surface area contributed by atoms with Crippen LogP contribution in [0, 0.1) is 12.8 Å². The lowest BCUT2D eigenvalue weighted by Crippen LogP contribution is -2.65. The minimum Gasteiger partial charge on any atom is -0.492 e. The molecule has 1 aromatic heterocycles. The Labute approximate surface area is 798 Å². The van der Waals surface area contributed by atoms with Crippen LogP contribution < -0.4 is 114 Å². The minimum atomic E-state index is -2.06. The normalized spacial score (nSPS) is 19.0. The molecule has 13 atom stereocenters. The summed E-state index contributed by atoms with van der Waals surface area (Å²) < 4.78 is 2.52. The van der Waals surface area contributed by atoms with Crippen molar-refractivity contribution in [2.24, 2.45) is 40.3 Å². The summed E-state index contributed by atoms with van der Waals surface area (Å²) in [6.07, 6.45) is -0.908. The fourth-order valence-corrected chi connectivity index (χ4v) is 18.1. The predicted molar refractivity (Wildman–Crippen MR) is 514 cm³/mol. The largest absolute Gasteiger partial charge is 0.492 e. The number of fused-ring (bicyclic) bond motifs is 2. The summed E-state index contributed by atoms with van der Waals surface area (Å²) >= 11 is 0. The highest BCUT2D eigenvalue weighted by molar-refractivity contribution is 8.77. The molecule has 1 aliphatic heterocycles. The van der Waals surface area contributed by atoms with Gasteiger partial charge in [-0.05, 0) is 172 Å². The molecular weight excluding hydrogens is 1800 g/mol. The zero-order valence-electron chi connectivity index (χ0n) is 79.3. The van der Waals surface area contributed by atoms with Crippen LogP contribution in [-0.2, 0) is 101 Å². The number of Topliss-reactive ketones (excluding diaryl/α,β-unsaturated/α-hetero) is 1. The monoisotopic (exact) mass is 1930 g/mol. The number of ketones is 1. The number of nitrogens with one attached hydrogen (secondary N) is 15. The smallest absolute Gasteiger partial charge is 0.312 e. The van der Waals surface area contributed by atoms with Gasteiger partial charge in [0.05, 0.1) is 24.5 Å². The quantitative estimate of drug-likeness (QED) is 0.0183. The number of aliphatic hydroxyl groups excluding tert-OH is 1. The number of hydrogen-bond acceptors (Lipinski definition) is 24. The molecule has 41 nitrogen and oxygen atoms in total. The van der Waals surface area contributed by atoms with E-state index in [-0.39, 0.29) is 109 Å². The number of H-pyrrole nitrogens is 1. The maximum atomic E-state index is 16.4. The third-order valence-corrected chi connectivity index (χ3v) is 27.4. The van der Waals surface area contributed by atoms with Crippen LogP contribution >= 0.6 is 21.6 Å². The van der Waals surface area contributed by atoms with Gasteiger partial charge in [-0.2, -0.15) is 0 Å². The number of nitrogens with two attached hydrogens (primary N) is 6. The fraction of sp³-hybridized carbons (Fsp3) is 0.548. The number of rotatable bonds is 48. The first kappa shape index (κ1) is 112. The molecular formula is C93H137N21O20S2. The summed E-state index contributed by atoms with van der Waals surface area (Å²) in [6, 6.07) is 5.47. The number of carbonyl (C=O) groups is 18. The van der Waals surface area contributed by atoms with Crippen molar-refractivity contribution < 1.29 is 96.1 Å². The Morgan fingerprint density at radius 3 is 1.80 bits per heavy atom. The molecule has 0 aliphatic carbocycles. The number of ether oxygens (including phenoxy) is 1. The van der Waals surface area contributed by atoms with E-state index in [9.17, 15) is 62.6 Å². The van der Waals surface area contributed by atoms with E-state index in [2.05, 4.69) is 79.4 Å². The zero-order valence-corrected chi connectivity index (χ0v) is 81.0. The van der Waals surface area contributed by atoms with Gasteiger partial charge in [-0.3, -0.25) is 81.5 Å². The summed E-state index contributed by atoms with van der Waals surface area (Å²) in [6.45, 7) is 17.7. The summed E-state index contributed by atoms with van der Waals surface area (Å²) in [5.74, 6) is -17.0. The van der Waals surface area contributed by atoms with Crippen molar-refractivity contribution in [1.82, 2.24) is 79.4 Å². The Morgan fingerprint density at radius 1 is 0.566 bits per heavy atom. The molecule has 136 heavy (non-hydrogen) atoms.